The average molecular weight is 418 g/mol. The second-order valence-corrected chi connectivity index (χ2v) is 8.71. The molecule has 2 fully saturated rings. The molecular formula is C17H24ClN3O5S. The van der Waals surface area contributed by atoms with Gasteiger partial charge in [-0.2, -0.15) is 4.31 Å². The summed E-state index contributed by atoms with van der Waals surface area (Å²) in [5.74, 6) is -0.382. The monoisotopic (exact) mass is 417 g/mol. The first-order chi connectivity index (χ1) is 13.0. The molecule has 3 rings (SSSR count). The van der Waals surface area contributed by atoms with Crippen molar-refractivity contribution in [1.82, 2.24) is 14.5 Å². The van der Waals surface area contributed by atoms with Gasteiger partial charge in [-0.05, 0) is 18.2 Å². The molecule has 0 spiro atoms. The first-order valence-corrected chi connectivity index (χ1v) is 10.8. The number of nitrogens with zero attached hydrogens (tertiary/aromatic N) is 2. The maximum Gasteiger partial charge on any atom is 0.252 e. The summed E-state index contributed by atoms with van der Waals surface area (Å²) in [6.07, 6.45) is 0. The van der Waals surface area contributed by atoms with Crippen molar-refractivity contribution in [2.24, 2.45) is 0 Å². The van der Waals surface area contributed by atoms with E-state index in [1.807, 2.05) is 0 Å². The highest BCUT2D eigenvalue weighted by atomic mass is 35.5. The summed E-state index contributed by atoms with van der Waals surface area (Å²) in [7, 11) is -3.68. The minimum atomic E-state index is -3.68. The van der Waals surface area contributed by atoms with Crippen LogP contribution in [-0.2, 0) is 19.5 Å². The average Bonchev–Trinajstić information content (AvgIpc) is 2.69. The molecule has 27 heavy (non-hydrogen) atoms. The smallest absolute Gasteiger partial charge is 0.252 e. The number of ether oxygens (including phenoxy) is 2. The van der Waals surface area contributed by atoms with Crippen LogP contribution in [0.4, 0.5) is 0 Å². The van der Waals surface area contributed by atoms with Crippen LogP contribution in [-0.4, -0.2) is 89.2 Å². The lowest BCUT2D eigenvalue weighted by atomic mass is 10.2. The van der Waals surface area contributed by atoms with Crippen LogP contribution in [0.25, 0.3) is 0 Å². The molecule has 2 aliphatic heterocycles. The Kier molecular flexibility index (Phi) is 7.07. The van der Waals surface area contributed by atoms with Crippen molar-refractivity contribution in [2.75, 3.05) is 65.7 Å². The van der Waals surface area contributed by atoms with Crippen LogP contribution in [0.5, 0.6) is 0 Å². The molecule has 1 aromatic carbocycles. The number of benzene rings is 1. The quantitative estimate of drug-likeness (QED) is 0.721. The molecule has 0 atom stereocenters. The van der Waals surface area contributed by atoms with E-state index in [1.54, 1.807) is 0 Å². The van der Waals surface area contributed by atoms with Gasteiger partial charge in [0.15, 0.2) is 0 Å². The molecule has 2 aliphatic rings. The fourth-order valence-corrected chi connectivity index (χ4v) is 4.66. The maximum absolute atomic E-state index is 12.8. The Bertz CT molecular complexity index is 762. The van der Waals surface area contributed by atoms with Crippen molar-refractivity contribution < 1.29 is 22.7 Å². The second kappa shape index (κ2) is 9.31. The zero-order valence-corrected chi connectivity index (χ0v) is 16.6. The molecule has 0 aromatic heterocycles. The Morgan fingerprint density at radius 1 is 1.07 bits per heavy atom. The molecule has 0 radical (unpaired) electrons. The molecule has 2 heterocycles. The van der Waals surface area contributed by atoms with E-state index in [0.717, 1.165) is 13.1 Å². The number of sulfonamides is 1. The Morgan fingerprint density at radius 3 is 2.37 bits per heavy atom. The van der Waals surface area contributed by atoms with E-state index < -0.39 is 10.0 Å². The first kappa shape index (κ1) is 20.5. The molecule has 0 bridgehead atoms. The van der Waals surface area contributed by atoms with Crippen molar-refractivity contribution in [2.45, 2.75) is 4.90 Å². The van der Waals surface area contributed by atoms with Gasteiger partial charge in [-0.3, -0.25) is 9.69 Å². The third-order valence-electron chi connectivity index (χ3n) is 4.61. The normalized spacial score (nSPS) is 19.7. The number of carbonyl (C=O) groups is 1. The number of nitrogens with one attached hydrogen (secondary N) is 1. The predicted molar refractivity (Wildman–Crippen MR) is 101 cm³/mol. The molecular weight excluding hydrogens is 394 g/mol. The topological polar surface area (TPSA) is 88.2 Å². The summed E-state index contributed by atoms with van der Waals surface area (Å²) in [5, 5.41) is 3.03. The Hall–Kier alpha value is -1.23. The fraction of sp³-hybridized carbons (Fsp3) is 0.588. The van der Waals surface area contributed by atoms with Crippen LogP contribution in [0.15, 0.2) is 23.1 Å². The second-order valence-electron chi connectivity index (χ2n) is 6.37. The molecule has 2 saturated heterocycles. The van der Waals surface area contributed by atoms with Crippen molar-refractivity contribution in [3.8, 4) is 0 Å². The van der Waals surface area contributed by atoms with E-state index in [0.29, 0.717) is 52.6 Å². The van der Waals surface area contributed by atoms with Crippen LogP contribution in [0.3, 0.4) is 0 Å². The zero-order valence-electron chi connectivity index (χ0n) is 15.0. The van der Waals surface area contributed by atoms with E-state index >= 15 is 0 Å². The number of carbonyl (C=O) groups excluding carboxylic acids is 1. The summed E-state index contributed by atoms with van der Waals surface area (Å²) in [6.45, 7) is 5.55. The molecule has 0 unspecified atom stereocenters. The van der Waals surface area contributed by atoms with Gasteiger partial charge < -0.3 is 14.8 Å². The van der Waals surface area contributed by atoms with E-state index in [9.17, 15) is 13.2 Å². The van der Waals surface area contributed by atoms with Crippen LogP contribution >= 0.6 is 11.6 Å². The van der Waals surface area contributed by atoms with Crippen LogP contribution in [0.1, 0.15) is 10.4 Å². The molecule has 150 valence electrons. The molecule has 1 aromatic rings. The lowest BCUT2D eigenvalue weighted by Crippen LogP contribution is -2.41. The third kappa shape index (κ3) is 5.18. The number of amides is 1. The third-order valence-corrected chi connectivity index (χ3v) is 6.83. The number of hydrogen-bond donors (Lipinski definition) is 1. The van der Waals surface area contributed by atoms with Crippen LogP contribution < -0.4 is 5.32 Å². The standard InChI is InChI=1S/C17H24ClN3O5S/c18-16-2-1-14(27(23,24)21-7-11-26-12-8-21)13-15(16)17(22)19-3-4-20-5-9-25-10-6-20/h1-2,13H,3-12H2,(H,19,22). The largest absolute Gasteiger partial charge is 0.379 e. The van der Waals surface area contributed by atoms with E-state index in [2.05, 4.69) is 10.2 Å². The number of rotatable bonds is 6. The lowest BCUT2D eigenvalue weighted by molar-refractivity contribution is 0.0383. The molecule has 0 saturated carbocycles. The highest BCUT2D eigenvalue weighted by molar-refractivity contribution is 7.89. The van der Waals surface area contributed by atoms with Gasteiger partial charge in [0.1, 0.15) is 0 Å². The minimum Gasteiger partial charge on any atom is -0.379 e. The van der Waals surface area contributed by atoms with Gasteiger partial charge in [0.2, 0.25) is 10.0 Å². The van der Waals surface area contributed by atoms with Gasteiger partial charge in [-0.25, -0.2) is 8.42 Å². The summed E-state index contributed by atoms with van der Waals surface area (Å²) in [5.41, 5.74) is 0.160. The van der Waals surface area contributed by atoms with Gasteiger partial charge in [-0.15, -0.1) is 0 Å². The summed E-state index contributed by atoms with van der Waals surface area (Å²) < 4.78 is 37.4. The van der Waals surface area contributed by atoms with E-state index in [4.69, 9.17) is 21.1 Å². The van der Waals surface area contributed by atoms with Gasteiger partial charge >= 0.3 is 0 Å². The molecule has 0 aliphatic carbocycles. The lowest BCUT2D eigenvalue weighted by Gasteiger charge is -2.26. The van der Waals surface area contributed by atoms with Crippen molar-refractivity contribution in [1.29, 1.82) is 0 Å². The summed E-state index contributed by atoms with van der Waals surface area (Å²) in [6, 6.07) is 4.22. The predicted octanol–water partition coefficient (Wildman–Crippen LogP) is 0.423. The van der Waals surface area contributed by atoms with Gasteiger partial charge in [0, 0.05) is 39.3 Å². The molecule has 1 N–H and O–H groups in total. The number of hydrogen-bond acceptors (Lipinski definition) is 6. The SMILES string of the molecule is O=C(NCCN1CCOCC1)c1cc(S(=O)(=O)N2CCOCC2)ccc1Cl. The fourth-order valence-electron chi connectivity index (χ4n) is 3.02. The summed E-state index contributed by atoms with van der Waals surface area (Å²) in [4.78, 5) is 14.8. The minimum absolute atomic E-state index is 0.0622. The van der Waals surface area contributed by atoms with Crippen molar-refractivity contribution in [3.63, 3.8) is 0 Å². The van der Waals surface area contributed by atoms with Gasteiger partial charge in [0.25, 0.3) is 5.91 Å². The number of morpholine rings is 2. The first-order valence-electron chi connectivity index (χ1n) is 8.94. The van der Waals surface area contributed by atoms with Gasteiger partial charge in [-0.1, -0.05) is 11.6 Å². The zero-order chi connectivity index (χ0) is 19.3. The molecule has 1 amide bonds. The highest BCUT2D eigenvalue weighted by Crippen LogP contribution is 2.23. The maximum atomic E-state index is 12.8. The van der Waals surface area contributed by atoms with Gasteiger partial charge in [0.05, 0.1) is 41.9 Å². The van der Waals surface area contributed by atoms with E-state index in [-0.39, 0.29) is 21.4 Å². The van der Waals surface area contributed by atoms with E-state index in [1.165, 1.54) is 22.5 Å². The van der Waals surface area contributed by atoms with Crippen LogP contribution in [0.2, 0.25) is 5.02 Å². The van der Waals surface area contributed by atoms with Crippen LogP contribution in [0, 0.1) is 0 Å². The van der Waals surface area contributed by atoms with Crippen molar-refractivity contribution >= 4 is 27.5 Å². The molecule has 8 nitrogen and oxygen atoms in total. The number of halogens is 1. The summed E-state index contributed by atoms with van der Waals surface area (Å²) >= 11 is 6.14. The Balaban J connectivity index is 1.66. The Morgan fingerprint density at radius 2 is 1.70 bits per heavy atom. The highest BCUT2D eigenvalue weighted by Gasteiger charge is 2.27. The molecule has 10 heteroatoms. The van der Waals surface area contributed by atoms with Crippen molar-refractivity contribution in [3.05, 3.63) is 28.8 Å². The Labute approximate surface area is 164 Å².